The van der Waals surface area contributed by atoms with Crippen molar-refractivity contribution in [2.45, 2.75) is 64.0 Å². The molecule has 0 fully saturated rings. The number of nitrogens with zero attached hydrogens (tertiary/aromatic N) is 4. The summed E-state index contributed by atoms with van der Waals surface area (Å²) in [6.07, 6.45) is 0. The number of aryl methyl sites for hydroxylation is 2. The number of anilines is 12. The average Bonchev–Trinajstić information content (AvgIpc) is 1.50. The van der Waals surface area contributed by atoms with E-state index in [0.29, 0.717) is 0 Å². The van der Waals surface area contributed by atoms with Crippen LogP contribution in [0.25, 0.3) is 87.6 Å². The van der Waals surface area contributed by atoms with Crippen molar-refractivity contribution >= 4 is 138 Å². The van der Waals surface area contributed by atoms with Gasteiger partial charge in [0.1, 0.15) is 0 Å². The first-order valence-corrected chi connectivity index (χ1v) is 52.0. The van der Waals surface area contributed by atoms with E-state index >= 15 is 0 Å². The van der Waals surface area contributed by atoms with Gasteiger partial charge in [0.15, 0.2) is 0 Å². The maximum absolute atomic E-state index is 2.57. The standard InChI is InChI=1S/2C61H48N2Si/c1-41-21-11-18-32-55(41)63(44-24-9-6-10-25-44)57-40-54-59(50-29-13-12-28-49(50)57)51-37-35-42-39-45(62(43-22-7-5-8-23-43)56-33-19-20-34-58(56)64(2,3)4)36-38-46(42)60(51)61(54)52-30-16-14-26-47(52)48-27-15-17-31-53(48)61;1-41-19-17-24-45(37-41)62(43-20-7-5-8-21-43)47-34-36-49-42(38-47)33-35-54-59-53-30-12-11-29-52(53)58(63(44-22-9-6-10-23-44)46-25-18-26-48(39-46)64(2,3)4)40-57(59)61(60(49)54)55-31-15-13-27-50(55)51-28-14-16-32-56(51)61/h2*5-40H,1-4H3. The van der Waals surface area contributed by atoms with Crippen LogP contribution in [-0.2, 0) is 10.8 Å². The van der Waals surface area contributed by atoms with Gasteiger partial charge in [0.2, 0.25) is 0 Å². The molecule has 4 aliphatic rings. The summed E-state index contributed by atoms with van der Waals surface area (Å²) < 4.78 is 0. The van der Waals surface area contributed by atoms with Crippen molar-refractivity contribution in [3.8, 4) is 44.5 Å². The maximum Gasteiger partial charge on any atom is 0.0803 e. The molecule has 0 atom stereocenters. The lowest BCUT2D eigenvalue weighted by atomic mass is 9.69. The molecule has 2 spiro atoms. The average molecular weight is 1670 g/mol. The predicted octanol–water partition coefficient (Wildman–Crippen LogP) is 32.3. The Morgan fingerprint density at radius 2 is 0.555 bits per heavy atom. The summed E-state index contributed by atoms with van der Waals surface area (Å²) in [6, 6.07) is 164. The zero-order chi connectivity index (χ0) is 86.3. The van der Waals surface area contributed by atoms with Crippen molar-refractivity contribution in [3.63, 3.8) is 0 Å². The summed E-state index contributed by atoms with van der Waals surface area (Å²) in [7, 11) is -3.37. The summed E-state index contributed by atoms with van der Waals surface area (Å²) in [5, 5.41) is 12.9. The first-order valence-electron chi connectivity index (χ1n) is 45.0. The molecule has 6 heteroatoms. The zero-order valence-electron chi connectivity index (χ0n) is 73.4. The number of hydrogen-bond donors (Lipinski definition) is 0. The Morgan fingerprint density at radius 1 is 0.203 bits per heavy atom. The topological polar surface area (TPSA) is 13.0 Å². The number of fused-ring (bicyclic) bond motifs is 28. The molecule has 4 aliphatic carbocycles. The number of para-hydroxylation sites is 6. The van der Waals surface area contributed by atoms with Crippen molar-refractivity contribution in [1.29, 1.82) is 0 Å². The molecule has 0 saturated carbocycles. The van der Waals surface area contributed by atoms with Crippen LogP contribution in [0.15, 0.2) is 437 Å². The molecule has 128 heavy (non-hydrogen) atoms. The second-order valence-electron chi connectivity index (χ2n) is 37.1. The molecule has 0 unspecified atom stereocenters. The van der Waals surface area contributed by atoms with Gasteiger partial charge in [0, 0.05) is 67.6 Å². The quantitative estimate of drug-likeness (QED) is 0.101. The lowest BCUT2D eigenvalue weighted by Crippen LogP contribution is -2.40. The lowest BCUT2D eigenvalue weighted by Gasteiger charge is -2.34. The number of rotatable bonds is 14. The molecule has 24 rings (SSSR count). The minimum Gasteiger partial charge on any atom is -0.311 e. The van der Waals surface area contributed by atoms with Gasteiger partial charge in [-0.2, -0.15) is 0 Å². The van der Waals surface area contributed by atoms with E-state index in [1.54, 1.807) is 0 Å². The second kappa shape index (κ2) is 30.5. The summed E-state index contributed by atoms with van der Waals surface area (Å²) >= 11 is 0. The van der Waals surface area contributed by atoms with Crippen LogP contribution < -0.4 is 30.0 Å². The van der Waals surface area contributed by atoms with Crippen LogP contribution >= 0.6 is 0 Å². The summed E-state index contributed by atoms with van der Waals surface area (Å²) in [5.41, 5.74) is 36.5. The van der Waals surface area contributed by atoms with Gasteiger partial charge in [-0.05, 0) is 273 Å². The van der Waals surface area contributed by atoms with E-state index in [1.807, 2.05) is 0 Å². The van der Waals surface area contributed by atoms with Crippen molar-refractivity contribution in [2.24, 2.45) is 0 Å². The van der Waals surface area contributed by atoms with Crippen LogP contribution in [0.1, 0.15) is 55.6 Å². The Bertz CT molecular complexity index is 7750. The molecule has 0 radical (unpaired) electrons. The fraction of sp³-hybridized carbons (Fsp3) is 0.0820. The molecular weight excluding hydrogens is 1580 g/mol. The van der Waals surface area contributed by atoms with Crippen molar-refractivity contribution < 1.29 is 0 Å². The second-order valence-corrected chi connectivity index (χ2v) is 47.2. The van der Waals surface area contributed by atoms with Gasteiger partial charge in [-0.25, -0.2) is 0 Å². The van der Waals surface area contributed by atoms with E-state index in [2.05, 4.69) is 510 Å². The monoisotopic (exact) mass is 1670 g/mol. The minimum absolute atomic E-state index is 0.574. The van der Waals surface area contributed by atoms with E-state index < -0.39 is 27.0 Å². The Balaban J connectivity index is 0.000000146. The van der Waals surface area contributed by atoms with Crippen LogP contribution in [0.4, 0.5) is 68.2 Å². The highest BCUT2D eigenvalue weighted by molar-refractivity contribution is 6.90. The zero-order valence-corrected chi connectivity index (χ0v) is 75.4. The number of hydrogen-bond acceptors (Lipinski definition) is 4. The molecule has 0 aromatic heterocycles. The van der Waals surface area contributed by atoms with E-state index in [-0.39, 0.29) is 0 Å². The molecule has 4 nitrogen and oxygen atoms in total. The highest BCUT2D eigenvalue weighted by atomic mass is 28.3. The first kappa shape index (κ1) is 77.8. The minimum atomic E-state index is -1.73. The lowest BCUT2D eigenvalue weighted by molar-refractivity contribution is 0.802. The van der Waals surface area contributed by atoms with E-state index in [9.17, 15) is 0 Å². The molecule has 0 heterocycles. The predicted molar refractivity (Wildman–Crippen MR) is 550 cm³/mol. The highest BCUT2D eigenvalue weighted by Crippen LogP contribution is 2.69. The van der Waals surface area contributed by atoms with Crippen molar-refractivity contribution in [1.82, 2.24) is 0 Å². The summed E-state index contributed by atoms with van der Waals surface area (Å²) in [5.74, 6) is 0. The third-order valence-corrected chi connectivity index (χ3v) is 31.7. The molecule has 0 N–H and O–H groups in total. The van der Waals surface area contributed by atoms with Crippen molar-refractivity contribution in [2.75, 3.05) is 19.6 Å². The Hall–Kier alpha value is -14.9. The van der Waals surface area contributed by atoms with Crippen LogP contribution in [0.5, 0.6) is 0 Å². The summed E-state index contributed by atoms with van der Waals surface area (Å²) in [4.78, 5) is 9.87. The Kier molecular flexibility index (Phi) is 18.5. The van der Waals surface area contributed by atoms with Gasteiger partial charge >= 0.3 is 0 Å². The largest absolute Gasteiger partial charge is 0.311 e. The third-order valence-electron chi connectivity index (χ3n) is 27.6. The van der Waals surface area contributed by atoms with Gasteiger partial charge in [0.25, 0.3) is 0 Å². The van der Waals surface area contributed by atoms with Gasteiger partial charge in [-0.1, -0.05) is 360 Å². The number of benzene rings is 20. The van der Waals surface area contributed by atoms with Gasteiger partial charge < -0.3 is 19.6 Å². The molecule has 0 saturated heterocycles. The van der Waals surface area contributed by atoms with Crippen LogP contribution in [0, 0.1) is 13.8 Å². The molecule has 20 aromatic carbocycles. The van der Waals surface area contributed by atoms with Crippen LogP contribution in [0.2, 0.25) is 39.3 Å². The summed E-state index contributed by atoms with van der Waals surface area (Å²) in [6.45, 7) is 19.1. The molecule has 0 amide bonds. The highest BCUT2D eigenvalue weighted by Gasteiger charge is 2.56. The molecule has 20 aromatic rings. The first-order chi connectivity index (χ1) is 62.6. The third kappa shape index (κ3) is 12.1. The van der Waals surface area contributed by atoms with Crippen LogP contribution in [-0.4, -0.2) is 16.1 Å². The van der Waals surface area contributed by atoms with E-state index in [1.165, 1.54) is 182 Å². The van der Waals surface area contributed by atoms with Gasteiger partial charge in [-0.3, -0.25) is 0 Å². The molecule has 612 valence electrons. The van der Waals surface area contributed by atoms with E-state index in [4.69, 9.17) is 0 Å². The van der Waals surface area contributed by atoms with Crippen LogP contribution in [0.3, 0.4) is 0 Å². The van der Waals surface area contributed by atoms with E-state index in [0.717, 1.165) is 39.8 Å². The fourth-order valence-corrected chi connectivity index (χ4v) is 25.0. The molecule has 0 aliphatic heterocycles. The maximum atomic E-state index is 2.57. The Labute approximate surface area is 752 Å². The molecule has 0 bridgehead atoms. The SMILES string of the molecule is Cc1cccc(N(c2ccccc2)c2ccc3c4c(ccc3c2)-c2c(cc(N(c3ccccc3)c3cccc([Si](C)(C)C)c3)c3ccccc23)C42c3ccccc3-c3ccccc32)c1.Cc1ccccc1N(c1ccccc1)c1cc2c(c3ccccc13)-c1ccc3cc(N(c4ccccc4)c4ccccc4[Si](C)(C)C)ccc3c1C21c2ccccc2-c2ccccc21. The fourth-order valence-electron chi connectivity index (χ4n) is 22.3. The van der Waals surface area contributed by atoms with Gasteiger partial charge in [0.05, 0.1) is 38.4 Å². The van der Waals surface area contributed by atoms with Crippen molar-refractivity contribution in [3.05, 3.63) is 492 Å². The smallest absolute Gasteiger partial charge is 0.0803 e. The normalized spacial score (nSPS) is 13.1. The Morgan fingerprint density at radius 3 is 1.01 bits per heavy atom. The molecular formula is C122H96N4Si2. The van der Waals surface area contributed by atoms with Gasteiger partial charge in [-0.15, -0.1) is 0 Å².